The molecule has 8 nitrogen and oxygen atoms in total. The lowest BCUT2D eigenvalue weighted by Crippen LogP contribution is -2.49. The molecule has 2 heterocycles. The average Bonchev–Trinajstić information content (AvgIpc) is 3.58. The predicted octanol–water partition coefficient (Wildman–Crippen LogP) is 5.94. The van der Waals surface area contributed by atoms with Gasteiger partial charge in [-0.2, -0.15) is 0 Å². The first-order valence-electron chi connectivity index (χ1n) is 12.5. The van der Waals surface area contributed by atoms with E-state index in [1.54, 1.807) is 48.3 Å². The van der Waals surface area contributed by atoms with E-state index in [1.807, 2.05) is 65.4 Å². The zero-order chi connectivity index (χ0) is 27.4. The molecule has 1 atom stereocenters. The van der Waals surface area contributed by atoms with E-state index in [9.17, 15) is 14.4 Å². The summed E-state index contributed by atoms with van der Waals surface area (Å²) in [5.74, 6) is -0.204. The largest absolute Gasteiger partial charge is 0.445 e. The molecule has 0 aliphatic carbocycles. The van der Waals surface area contributed by atoms with Crippen molar-refractivity contribution < 1.29 is 23.9 Å². The van der Waals surface area contributed by atoms with Crippen LogP contribution in [0.4, 0.5) is 9.59 Å². The molecule has 0 aliphatic heterocycles. The molecule has 0 radical (unpaired) electrons. The van der Waals surface area contributed by atoms with Crippen LogP contribution in [0.3, 0.4) is 0 Å². The van der Waals surface area contributed by atoms with E-state index in [0.717, 1.165) is 15.3 Å². The summed E-state index contributed by atoms with van der Waals surface area (Å²) in [5, 5.41) is 9.42. The van der Waals surface area contributed by atoms with Crippen molar-refractivity contribution in [2.75, 3.05) is 6.54 Å². The standard InChI is InChI=1S/C28H35N3O5S2/c1-28(2,3)36-27(34)30-24(14-7-15-29-26(33)35-20-21-10-5-4-6-11-21)25(32)31(18-22-12-8-16-37-22)19-23-13-9-17-38-23/h4-6,8-13,16-17,24H,7,14-15,18-20H2,1-3H3,(H,29,33)(H,30,34). The first-order chi connectivity index (χ1) is 18.2. The van der Waals surface area contributed by atoms with Crippen LogP contribution in [0.2, 0.25) is 0 Å². The van der Waals surface area contributed by atoms with E-state index in [2.05, 4.69) is 10.6 Å². The number of hydrogen-bond donors (Lipinski definition) is 2. The van der Waals surface area contributed by atoms with Gasteiger partial charge >= 0.3 is 12.2 Å². The third kappa shape index (κ3) is 10.5. The van der Waals surface area contributed by atoms with Gasteiger partial charge in [-0.1, -0.05) is 42.5 Å². The number of alkyl carbamates (subject to hydrolysis) is 2. The lowest BCUT2D eigenvalue weighted by Gasteiger charge is -2.28. The van der Waals surface area contributed by atoms with Crippen LogP contribution in [-0.2, 0) is 34.0 Å². The highest BCUT2D eigenvalue weighted by Crippen LogP contribution is 2.19. The second-order valence-electron chi connectivity index (χ2n) is 9.68. The molecule has 3 aromatic rings. The summed E-state index contributed by atoms with van der Waals surface area (Å²) in [6.45, 7) is 6.66. The van der Waals surface area contributed by atoms with Gasteiger partial charge in [-0.25, -0.2) is 9.59 Å². The Labute approximate surface area is 232 Å². The molecule has 0 saturated heterocycles. The van der Waals surface area contributed by atoms with E-state index in [0.29, 0.717) is 32.5 Å². The minimum Gasteiger partial charge on any atom is -0.445 e. The van der Waals surface area contributed by atoms with Crippen molar-refractivity contribution in [3.8, 4) is 0 Å². The van der Waals surface area contributed by atoms with E-state index in [4.69, 9.17) is 9.47 Å². The Morgan fingerprint density at radius 1 is 0.895 bits per heavy atom. The van der Waals surface area contributed by atoms with Crippen molar-refractivity contribution in [3.63, 3.8) is 0 Å². The van der Waals surface area contributed by atoms with Crippen LogP contribution >= 0.6 is 22.7 Å². The number of nitrogens with one attached hydrogen (secondary N) is 2. The highest BCUT2D eigenvalue weighted by Gasteiger charge is 2.28. The molecular formula is C28H35N3O5S2. The second-order valence-corrected chi connectivity index (χ2v) is 11.7. The van der Waals surface area contributed by atoms with Gasteiger partial charge in [0.2, 0.25) is 5.91 Å². The minimum atomic E-state index is -0.813. The van der Waals surface area contributed by atoms with Gasteiger partial charge in [-0.15, -0.1) is 22.7 Å². The Kier molecular flexibility index (Phi) is 11.2. The highest BCUT2D eigenvalue weighted by atomic mass is 32.1. The summed E-state index contributed by atoms with van der Waals surface area (Å²) < 4.78 is 10.7. The number of amides is 3. The topological polar surface area (TPSA) is 97.0 Å². The van der Waals surface area contributed by atoms with Gasteiger partial charge in [0.15, 0.2) is 0 Å². The second kappa shape index (κ2) is 14.5. The molecule has 2 N–H and O–H groups in total. The van der Waals surface area contributed by atoms with Crippen LogP contribution in [0.1, 0.15) is 48.9 Å². The molecule has 1 aromatic carbocycles. The molecule has 204 valence electrons. The first-order valence-corrected chi connectivity index (χ1v) is 14.2. The normalized spacial score (nSPS) is 11.9. The summed E-state index contributed by atoms with van der Waals surface area (Å²) in [6.07, 6.45) is -0.409. The van der Waals surface area contributed by atoms with Crippen LogP contribution in [-0.4, -0.2) is 41.2 Å². The fraction of sp³-hybridized carbons (Fsp3) is 0.393. The molecule has 10 heteroatoms. The summed E-state index contributed by atoms with van der Waals surface area (Å²) >= 11 is 3.16. The van der Waals surface area contributed by atoms with E-state index in [1.165, 1.54) is 0 Å². The van der Waals surface area contributed by atoms with Gasteiger partial charge in [0.25, 0.3) is 0 Å². The number of rotatable bonds is 12. The van der Waals surface area contributed by atoms with Crippen LogP contribution in [0, 0.1) is 0 Å². The van der Waals surface area contributed by atoms with Gasteiger partial charge in [-0.05, 0) is 62.1 Å². The molecular weight excluding hydrogens is 522 g/mol. The smallest absolute Gasteiger partial charge is 0.408 e. The molecule has 0 spiro atoms. The average molecular weight is 558 g/mol. The van der Waals surface area contributed by atoms with Gasteiger partial charge in [0, 0.05) is 16.3 Å². The summed E-state index contributed by atoms with van der Waals surface area (Å²) in [4.78, 5) is 42.3. The molecule has 38 heavy (non-hydrogen) atoms. The fourth-order valence-corrected chi connectivity index (χ4v) is 5.03. The molecule has 0 aliphatic rings. The van der Waals surface area contributed by atoms with Crippen molar-refractivity contribution in [1.29, 1.82) is 0 Å². The third-order valence-corrected chi connectivity index (χ3v) is 7.03. The molecule has 0 saturated carbocycles. The number of nitrogens with zero attached hydrogens (tertiary/aromatic N) is 1. The van der Waals surface area contributed by atoms with Gasteiger partial charge in [0.05, 0.1) is 13.1 Å². The summed E-state index contributed by atoms with van der Waals surface area (Å²) in [5.41, 5.74) is 0.196. The van der Waals surface area contributed by atoms with E-state index >= 15 is 0 Å². The van der Waals surface area contributed by atoms with Crippen molar-refractivity contribution >= 4 is 40.8 Å². The first kappa shape index (κ1) is 29.2. The zero-order valence-electron chi connectivity index (χ0n) is 22.0. The fourth-order valence-electron chi connectivity index (χ4n) is 3.59. The third-order valence-electron chi connectivity index (χ3n) is 5.31. The molecule has 0 bridgehead atoms. The zero-order valence-corrected chi connectivity index (χ0v) is 23.6. The Balaban J connectivity index is 1.61. The maximum atomic E-state index is 13.7. The minimum absolute atomic E-state index is 0.175. The summed E-state index contributed by atoms with van der Waals surface area (Å²) in [7, 11) is 0. The van der Waals surface area contributed by atoms with Gasteiger partial charge in [-0.3, -0.25) is 4.79 Å². The maximum Gasteiger partial charge on any atom is 0.408 e. The molecule has 3 amide bonds. The van der Waals surface area contributed by atoms with Gasteiger partial charge in [0.1, 0.15) is 18.2 Å². The van der Waals surface area contributed by atoms with Crippen molar-refractivity contribution in [2.24, 2.45) is 0 Å². The molecule has 0 fully saturated rings. The summed E-state index contributed by atoms with van der Waals surface area (Å²) in [6, 6.07) is 16.5. The van der Waals surface area contributed by atoms with E-state index < -0.39 is 23.8 Å². The Bertz CT molecular complexity index is 1090. The SMILES string of the molecule is CC(C)(C)OC(=O)NC(CCCNC(=O)OCc1ccccc1)C(=O)N(Cc1cccs1)Cc1cccs1. The van der Waals surface area contributed by atoms with Crippen molar-refractivity contribution in [2.45, 2.75) is 65.0 Å². The highest BCUT2D eigenvalue weighted by molar-refractivity contribution is 7.10. The van der Waals surface area contributed by atoms with Crippen molar-refractivity contribution in [3.05, 3.63) is 80.7 Å². The lowest BCUT2D eigenvalue weighted by atomic mass is 10.1. The van der Waals surface area contributed by atoms with Crippen LogP contribution in [0.15, 0.2) is 65.4 Å². The molecule has 2 aromatic heterocycles. The number of carbonyl (C=O) groups excluding carboxylic acids is 3. The van der Waals surface area contributed by atoms with Gasteiger partial charge < -0.3 is 25.0 Å². The Morgan fingerprint density at radius 2 is 1.53 bits per heavy atom. The number of thiophene rings is 2. The Hall–Kier alpha value is -3.37. The van der Waals surface area contributed by atoms with Crippen LogP contribution in [0.25, 0.3) is 0 Å². The Morgan fingerprint density at radius 3 is 2.08 bits per heavy atom. The van der Waals surface area contributed by atoms with Crippen molar-refractivity contribution in [1.82, 2.24) is 15.5 Å². The number of ether oxygens (including phenoxy) is 2. The monoisotopic (exact) mass is 557 g/mol. The lowest BCUT2D eigenvalue weighted by molar-refractivity contribution is -0.134. The number of carbonyl (C=O) groups is 3. The van der Waals surface area contributed by atoms with Crippen LogP contribution in [0.5, 0.6) is 0 Å². The molecule has 1 unspecified atom stereocenters. The number of benzene rings is 1. The van der Waals surface area contributed by atoms with E-state index in [-0.39, 0.29) is 12.5 Å². The predicted molar refractivity (Wildman–Crippen MR) is 150 cm³/mol. The number of hydrogen-bond acceptors (Lipinski definition) is 7. The molecule has 3 rings (SSSR count). The quantitative estimate of drug-likeness (QED) is 0.269. The maximum absolute atomic E-state index is 13.7. The van der Waals surface area contributed by atoms with Crippen LogP contribution < -0.4 is 10.6 Å².